The van der Waals surface area contributed by atoms with Gasteiger partial charge in [0.25, 0.3) is 0 Å². The summed E-state index contributed by atoms with van der Waals surface area (Å²) in [7, 11) is 3.42. The van der Waals surface area contributed by atoms with Crippen LogP contribution in [0, 0.1) is 13.8 Å². The molecule has 1 N–H and O–H groups in total. The number of ether oxygens (including phenoxy) is 2. The highest BCUT2D eigenvalue weighted by Gasteiger charge is 2.24. The van der Waals surface area contributed by atoms with Gasteiger partial charge in [-0.25, -0.2) is 0 Å². The molecule has 0 radical (unpaired) electrons. The highest BCUT2D eigenvalue weighted by molar-refractivity contribution is 5.55. The fourth-order valence-electron chi connectivity index (χ4n) is 2.77. The van der Waals surface area contributed by atoms with Gasteiger partial charge in [-0.3, -0.25) is 0 Å². The van der Waals surface area contributed by atoms with Crippen LogP contribution in [0.1, 0.15) is 42.0 Å². The van der Waals surface area contributed by atoms with Crippen molar-refractivity contribution in [3.63, 3.8) is 0 Å². The molecule has 1 saturated heterocycles. The van der Waals surface area contributed by atoms with Crippen LogP contribution in [0.3, 0.4) is 0 Å². The highest BCUT2D eigenvalue weighted by atomic mass is 16.5. The maximum Gasteiger partial charge on any atom is 0.165 e. The van der Waals surface area contributed by atoms with Gasteiger partial charge in [0.05, 0.1) is 14.2 Å². The van der Waals surface area contributed by atoms with Gasteiger partial charge in [0.1, 0.15) is 0 Å². The summed E-state index contributed by atoms with van der Waals surface area (Å²) in [5.74, 6) is 1.72. The Balaban J connectivity index is 2.51. The van der Waals surface area contributed by atoms with E-state index in [4.69, 9.17) is 9.47 Å². The minimum Gasteiger partial charge on any atom is -0.493 e. The first-order valence-electron chi connectivity index (χ1n) is 6.64. The molecule has 1 fully saturated rings. The van der Waals surface area contributed by atoms with E-state index >= 15 is 0 Å². The molecule has 0 aliphatic carbocycles. The molecule has 18 heavy (non-hydrogen) atoms. The van der Waals surface area contributed by atoms with Crippen LogP contribution in [0.25, 0.3) is 0 Å². The molecule has 100 valence electrons. The molecule has 1 heterocycles. The Morgan fingerprint density at radius 3 is 2.50 bits per heavy atom. The van der Waals surface area contributed by atoms with Crippen LogP contribution in [0.4, 0.5) is 0 Å². The molecule has 1 aromatic rings. The number of aryl methyl sites for hydroxylation is 1. The Morgan fingerprint density at radius 1 is 1.17 bits per heavy atom. The van der Waals surface area contributed by atoms with E-state index < -0.39 is 0 Å². The summed E-state index contributed by atoms with van der Waals surface area (Å²) in [6.45, 7) is 5.38. The third-order valence-electron chi connectivity index (χ3n) is 3.89. The summed E-state index contributed by atoms with van der Waals surface area (Å²) < 4.78 is 11.0. The lowest BCUT2D eigenvalue weighted by molar-refractivity contribution is 0.337. The van der Waals surface area contributed by atoms with Crippen molar-refractivity contribution >= 4 is 0 Å². The standard InChI is InChI=1S/C15H23NO2/c1-10-9-13(17-3)15(18-4)14(11(10)2)12-7-5-6-8-16-12/h9,12,16H,5-8H2,1-4H3. The van der Waals surface area contributed by atoms with E-state index in [1.165, 1.54) is 36.0 Å². The molecule has 0 saturated carbocycles. The van der Waals surface area contributed by atoms with Crippen molar-refractivity contribution in [2.75, 3.05) is 20.8 Å². The number of nitrogens with one attached hydrogen (secondary N) is 1. The zero-order valence-corrected chi connectivity index (χ0v) is 11.8. The molecule has 3 nitrogen and oxygen atoms in total. The van der Waals surface area contributed by atoms with Crippen LogP contribution in [-0.4, -0.2) is 20.8 Å². The van der Waals surface area contributed by atoms with E-state index in [0.717, 1.165) is 18.0 Å². The minimum atomic E-state index is 0.391. The third kappa shape index (κ3) is 2.32. The average molecular weight is 249 g/mol. The fraction of sp³-hybridized carbons (Fsp3) is 0.600. The molecular formula is C15H23NO2. The van der Waals surface area contributed by atoms with Gasteiger partial charge in [-0.1, -0.05) is 6.42 Å². The minimum absolute atomic E-state index is 0.391. The summed E-state index contributed by atoms with van der Waals surface area (Å²) in [6.07, 6.45) is 3.71. The van der Waals surface area contributed by atoms with Gasteiger partial charge in [0.2, 0.25) is 0 Å². The van der Waals surface area contributed by atoms with Crippen molar-refractivity contribution in [2.24, 2.45) is 0 Å². The molecule has 2 rings (SSSR count). The Kier molecular flexibility index (Phi) is 4.12. The normalized spacial score (nSPS) is 19.7. The van der Waals surface area contributed by atoms with Crippen molar-refractivity contribution in [3.05, 3.63) is 22.8 Å². The van der Waals surface area contributed by atoms with Crippen LogP contribution >= 0.6 is 0 Å². The van der Waals surface area contributed by atoms with Crippen LogP contribution in [0.5, 0.6) is 11.5 Å². The van der Waals surface area contributed by atoms with Gasteiger partial charge in [0, 0.05) is 11.6 Å². The number of hydrogen-bond acceptors (Lipinski definition) is 3. The molecule has 1 aliphatic heterocycles. The predicted octanol–water partition coefficient (Wildman–Crippen LogP) is 3.14. The second kappa shape index (κ2) is 5.61. The maximum absolute atomic E-state index is 5.59. The topological polar surface area (TPSA) is 30.5 Å². The summed E-state index contributed by atoms with van der Waals surface area (Å²) in [5, 5.41) is 3.59. The van der Waals surface area contributed by atoms with E-state index in [0.29, 0.717) is 6.04 Å². The molecule has 0 bridgehead atoms. The SMILES string of the molecule is COc1cc(C)c(C)c(C2CCCCN2)c1OC. The smallest absolute Gasteiger partial charge is 0.165 e. The van der Waals surface area contributed by atoms with E-state index in [-0.39, 0.29) is 0 Å². The Bertz CT molecular complexity index is 423. The summed E-state index contributed by atoms with van der Waals surface area (Å²) >= 11 is 0. The van der Waals surface area contributed by atoms with Crippen molar-refractivity contribution in [1.82, 2.24) is 5.32 Å². The maximum atomic E-state index is 5.59. The van der Waals surface area contributed by atoms with Crippen LogP contribution in [0.15, 0.2) is 6.07 Å². The van der Waals surface area contributed by atoms with E-state index in [9.17, 15) is 0 Å². The number of benzene rings is 1. The van der Waals surface area contributed by atoms with E-state index in [1.54, 1.807) is 14.2 Å². The van der Waals surface area contributed by atoms with Crippen LogP contribution in [-0.2, 0) is 0 Å². The van der Waals surface area contributed by atoms with Crippen LogP contribution < -0.4 is 14.8 Å². The molecular weight excluding hydrogens is 226 g/mol. The third-order valence-corrected chi connectivity index (χ3v) is 3.89. The monoisotopic (exact) mass is 249 g/mol. The second-order valence-electron chi connectivity index (χ2n) is 4.97. The number of methoxy groups -OCH3 is 2. The lowest BCUT2D eigenvalue weighted by Gasteiger charge is -2.28. The van der Waals surface area contributed by atoms with Crippen molar-refractivity contribution in [2.45, 2.75) is 39.2 Å². The first kappa shape index (κ1) is 13.2. The molecule has 1 unspecified atom stereocenters. The second-order valence-corrected chi connectivity index (χ2v) is 4.97. The first-order chi connectivity index (χ1) is 8.69. The summed E-state index contributed by atoms with van der Waals surface area (Å²) in [5.41, 5.74) is 3.84. The van der Waals surface area contributed by atoms with E-state index in [2.05, 4.69) is 25.2 Å². The first-order valence-corrected chi connectivity index (χ1v) is 6.64. The molecule has 0 aromatic heterocycles. The largest absolute Gasteiger partial charge is 0.493 e. The molecule has 0 spiro atoms. The Morgan fingerprint density at radius 2 is 1.94 bits per heavy atom. The zero-order valence-electron chi connectivity index (χ0n) is 11.8. The fourth-order valence-corrected chi connectivity index (χ4v) is 2.77. The van der Waals surface area contributed by atoms with Gasteiger partial charge in [0.15, 0.2) is 11.5 Å². The van der Waals surface area contributed by atoms with Gasteiger partial charge in [-0.15, -0.1) is 0 Å². The average Bonchev–Trinajstić information content (AvgIpc) is 2.42. The van der Waals surface area contributed by atoms with Crippen molar-refractivity contribution in [1.29, 1.82) is 0 Å². The predicted molar refractivity (Wildman–Crippen MR) is 73.6 cm³/mol. The van der Waals surface area contributed by atoms with Gasteiger partial charge >= 0.3 is 0 Å². The van der Waals surface area contributed by atoms with Crippen molar-refractivity contribution in [3.8, 4) is 11.5 Å². The lowest BCUT2D eigenvalue weighted by Crippen LogP contribution is -2.28. The molecule has 1 atom stereocenters. The van der Waals surface area contributed by atoms with Gasteiger partial charge < -0.3 is 14.8 Å². The number of piperidine rings is 1. The molecule has 0 amide bonds. The van der Waals surface area contributed by atoms with Gasteiger partial charge in [-0.2, -0.15) is 0 Å². The lowest BCUT2D eigenvalue weighted by atomic mass is 9.90. The molecule has 1 aliphatic rings. The summed E-state index contributed by atoms with van der Waals surface area (Å²) in [4.78, 5) is 0. The van der Waals surface area contributed by atoms with Crippen molar-refractivity contribution < 1.29 is 9.47 Å². The Hall–Kier alpha value is -1.22. The van der Waals surface area contributed by atoms with E-state index in [1.807, 2.05) is 0 Å². The van der Waals surface area contributed by atoms with Crippen LogP contribution in [0.2, 0.25) is 0 Å². The highest BCUT2D eigenvalue weighted by Crippen LogP contribution is 2.41. The Labute approximate surface area is 109 Å². The van der Waals surface area contributed by atoms with Gasteiger partial charge in [-0.05, 0) is 50.4 Å². The number of hydrogen-bond donors (Lipinski definition) is 1. The molecule has 3 heteroatoms. The number of rotatable bonds is 3. The zero-order chi connectivity index (χ0) is 13.1. The quantitative estimate of drug-likeness (QED) is 0.892. The molecule has 1 aromatic carbocycles. The summed E-state index contributed by atoms with van der Waals surface area (Å²) in [6, 6.07) is 2.45.